The number of nitrogens with one attached hydrogen (secondary N) is 2. The zero-order valence-electron chi connectivity index (χ0n) is 19.5. The molecule has 0 unspecified atom stereocenters. The summed E-state index contributed by atoms with van der Waals surface area (Å²) in [6, 6.07) is 8.76. The maximum atomic E-state index is 12.1. The second-order valence-corrected chi connectivity index (χ2v) is 8.23. The number of aryl methyl sites for hydroxylation is 2. The van der Waals surface area contributed by atoms with Gasteiger partial charge in [0.1, 0.15) is 0 Å². The van der Waals surface area contributed by atoms with Crippen LogP contribution in [0.2, 0.25) is 0 Å². The summed E-state index contributed by atoms with van der Waals surface area (Å²) >= 11 is 0. The molecule has 0 saturated heterocycles. The Balaban J connectivity index is 1.59. The number of rotatable bonds is 13. The summed E-state index contributed by atoms with van der Waals surface area (Å²) in [4.78, 5) is 45.0. The quantitative estimate of drug-likeness (QED) is 0.214. The molecule has 2 aromatic rings. The highest BCUT2D eigenvalue weighted by Gasteiger charge is 2.12. The summed E-state index contributed by atoms with van der Waals surface area (Å²) in [6.45, 7) is 3.56. The van der Waals surface area contributed by atoms with Crippen molar-refractivity contribution in [3.8, 4) is 0 Å². The lowest BCUT2D eigenvalue weighted by Crippen LogP contribution is -2.12. The third-order valence-electron chi connectivity index (χ3n) is 5.47. The van der Waals surface area contributed by atoms with Gasteiger partial charge in [0.05, 0.1) is 21.2 Å². The second-order valence-electron chi connectivity index (χ2n) is 8.23. The number of hydrogen-bond donors (Lipinski definition) is 2. The van der Waals surface area contributed by atoms with E-state index in [-0.39, 0.29) is 23.2 Å². The van der Waals surface area contributed by atoms with Crippen LogP contribution in [0.15, 0.2) is 36.4 Å². The Morgan fingerprint density at radius 2 is 1.03 bits per heavy atom. The van der Waals surface area contributed by atoms with Gasteiger partial charge in [0.25, 0.3) is 11.4 Å². The number of unbranched alkanes of at least 4 members (excludes halogenated alkanes) is 5. The third-order valence-corrected chi connectivity index (χ3v) is 5.47. The molecule has 10 heteroatoms. The van der Waals surface area contributed by atoms with Gasteiger partial charge in [-0.25, -0.2) is 0 Å². The topological polar surface area (TPSA) is 144 Å². The van der Waals surface area contributed by atoms with Crippen molar-refractivity contribution in [3.63, 3.8) is 0 Å². The molecule has 182 valence electrons. The van der Waals surface area contributed by atoms with Crippen LogP contribution in [0.5, 0.6) is 0 Å². The van der Waals surface area contributed by atoms with Crippen molar-refractivity contribution in [2.45, 2.75) is 65.2 Å². The van der Waals surface area contributed by atoms with Gasteiger partial charge < -0.3 is 10.6 Å². The summed E-state index contributed by atoms with van der Waals surface area (Å²) in [5, 5.41) is 27.2. The largest absolute Gasteiger partial charge is 0.326 e. The Morgan fingerprint density at radius 1 is 0.676 bits per heavy atom. The molecule has 2 amide bonds. The van der Waals surface area contributed by atoms with Gasteiger partial charge >= 0.3 is 0 Å². The monoisotopic (exact) mass is 470 g/mol. The number of hydrogen-bond acceptors (Lipinski definition) is 6. The van der Waals surface area contributed by atoms with Gasteiger partial charge in [-0.2, -0.15) is 0 Å². The highest BCUT2D eigenvalue weighted by Crippen LogP contribution is 2.23. The molecular weight excluding hydrogens is 440 g/mol. The van der Waals surface area contributed by atoms with Crippen molar-refractivity contribution in [1.82, 2.24) is 0 Å². The molecule has 0 spiro atoms. The molecule has 2 N–H and O–H groups in total. The molecule has 0 aromatic heterocycles. The van der Waals surface area contributed by atoms with Crippen LogP contribution < -0.4 is 10.6 Å². The van der Waals surface area contributed by atoms with E-state index in [4.69, 9.17) is 0 Å². The van der Waals surface area contributed by atoms with Crippen molar-refractivity contribution < 1.29 is 19.4 Å². The molecule has 2 rings (SSSR count). The standard InChI is InChI=1S/C24H30N4O6/c1-17-11-13-19(27(31)32)15-21(17)25-23(29)9-7-5-3-4-6-8-10-24(30)26-22-16-20(28(33)34)14-12-18(22)2/h11-16H,3-10H2,1-2H3,(H,25,29)(H,26,30). The Labute approximate surface area is 198 Å². The lowest BCUT2D eigenvalue weighted by atomic mass is 10.1. The zero-order valence-corrected chi connectivity index (χ0v) is 19.5. The maximum absolute atomic E-state index is 12.1. The van der Waals surface area contributed by atoms with E-state index in [1.54, 1.807) is 26.0 Å². The van der Waals surface area contributed by atoms with E-state index in [1.165, 1.54) is 24.3 Å². The second kappa shape index (κ2) is 13.0. The van der Waals surface area contributed by atoms with E-state index < -0.39 is 9.85 Å². The van der Waals surface area contributed by atoms with Gasteiger partial charge in [-0.1, -0.05) is 37.8 Å². The fourth-order valence-corrected chi connectivity index (χ4v) is 3.42. The molecule has 34 heavy (non-hydrogen) atoms. The molecule has 0 bridgehead atoms. The Hall–Kier alpha value is -3.82. The van der Waals surface area contributed by atoms with E-state index >= 15 is 0 Å². The van der Waals surface area contributed by atoms with Gasteiger partial charge in [0.15, 0.2) is 0 Å². The molecule has 10 nitrogen and oxygen atoms in total. The number of amides is 2. The van der Waals surface area contributed by atoms with Crippen molar-refractivity contribution in [2.75, 3.05) is 10.6 Å². The molecule has 0 saturated carbocycles. The van der Waals surface area contributed by atoms with E-state index in [2.05, 4.69) is 10.6 Å². The smallest absolute Gasteiger partial charge is 0.271 e. The molecular formula is C24H30N4O6. The van der Waals surface area contributed by atoms with Crippen molar-refractivity contribution in [3.05, 3.63) is 67.8 Å². The number of nitro groups is 2. The number of benzene rings is 2. The van der Waals surface area contributed by atoms with Crippen molar-refractivity contribution in [1.29, 1.82) is 0 Å². The fourth-order valence-electron chi connectivity index (χ4n) is 3.42. The number of nitrogens with zero attached hydrogens (tertiary/aromatic N) is 2. The van der Waals surface area contributed by atoms with Crippen LogP contribution in [0.3, 0.4) is 0 Å². The SMILES string of the molecule is Cc1ccc([N+](=O)[O-])cc1NC(=O)CCCCCCCCC(=O)Nc1cc([N+](=O)[O-])ccc1C. The maximum Gasteiger partial charge on any atom is 0.271 e. The van der Waals surface area contributed by atoms with Crippen molar-refractivity contribution in [2.24, 2.45) is 0 Å². The predicted molar refractivity (Wildman–Crippen MR) is 130 cm³/mol. The molecule has 2 aromatic carbocycles. The molecule has 0 aliphatic carbocycles. The minimum Gasteiger partial charge on any atom is -0.326 e. The van der Waals surface area contributed by atoms with Crippen LogP contribution in [-0.4, -0.2) is 21.7 Å². The molecule has 0 atom stereocenters. The molecule has 0 fully saturated rings. The predicted octanol–water partition coefficient (Wildman–Crippen LogP) is 5.82. The first kappa shape index (κ1) is 26.4. The van der Waals surface area contributed by atoms with E-state index in [0.717, 1.165) is 36.8 Å². The van der Waals surface area contributed by atoms with Crippen LogP contribution in [-0.2, 0) is 9.59 Å². The third kappa shape index (κ3) is 8.61. The summed E-state index contributed by atoms with van der Waals surface area (Å²) in [7, 11) is 0. The van der Waals surface area contributed by atoms with Gasteiger partial charge in [0.2, 0.25) is 11.8 Å². The Kier molecular flexibility index (Phi) is 10.1. The van der Waals surface area contributed by atoms with Crippen LogP contribution in [0.4, 0.5) is 22.7 Å². The summed E-state index contributed by atoms with van der Waals surface area (Å²) in [6.07, 6.45) is 5.74. The van der Waals surface area contributed by atoms with E-state index in [1.807, 2.05) is 0 Å². The van der Waals surface area contributed by atoms with Crippen LogP contribution in [0.1, 0.15) is 62.5 Å². The van der Waals surface area contributed by atoms with Crippen LogP contribution in [0.25, 0.3) is 0 Å². The normalized spacial score (nSPS) is 10.5. The Bertz CT molecular complexity index is 970. The van der Waals surface area contributed by atoms with Crippen molar-refractivity contribution >= 4 is 34.6 Å². The molecule has 0 aliphatic heterocycles. The van der Waals surface area contributed by atoms with Gasteiger partial charge in [0, 0.05) is 37.1 Å². The van der Waals surface area contributed by atoms with Gasteiger partial charge in [-0.05, 0) is 37.8 Å². The van der Waals surface area contributed by atoms with E-state index in [0.29, 0.717) is 37.1 Å². The van der Waals surface area contributed by atoms with Crippen LogP contribution in [0, 0.1) is 34.1 Å². The number of nitro benzene ring substituents is 2. The fraction of sp³-hybridized carbons (Fsp3) is 0.417. The number of anilines is 2. The lowest BCUT2D eigenvalue weighted by molar-refractivity contribution is -0.385. The minimum absolute atomic E-state index is 0.0604. The average molecular weight is 471 g/mol. The van der Waals surface area contributed by atoms with Crippen LogP contribution >= 0.6 is 0 Å². The summed E-state index contributed by atoms with van der Waals surface area (Å²) in [5.41, 5.74) is 2.33. The Morgan fingerprint density at radius 3 is 1.38 bits per heavy atom. The lowest BCUT2D eigenvalue weighted by Gasteiger charge is -2.09. The zero-order chi connectivity index (χ0) is 25.1. The number of carbonyl (C=O) groups excluding carboxylic acids is 2. The summed E-state index contributed by atoms with van der Waals surface area (Å²) < 4.78 is 0. The highest BCUT2D eigenvalue weighted by molar-refractivity contribution is 5.92. The highest BCUT2D eigenvalue weighted by atomic mass is 16.6. The molecule has 0 heterocycles. The van der Waals surface area contributed by atoms with Gasteiger partial charge in [-0.3, -0.25) is 29.8 Å². The number of carbonyl (C=O) groups is 2. The van der Waals surface area contributed by atoms with E-state index in [9.17, 15) is 29.8 Å². The molecule has 0 aliphatic rings. The first-order valence-corrected chi connectivity index (χ1v) is 11.3. The minimum atomic E-state index is -0.493. The first-order chi connectivity index (χ1) is 16.2. The first-order valence-electron chi connectivity index (χ1n) is 11.3. The number of non-ortho nitro benzene ring substituents is 2. The molecule has 0 radical (unpaired) electrons. The summed E-state index contributed by atoms with van der Waals surface area (Å²) in [5.74, 6) is -0.339. The average Bonchev–Trinajstić information content (AvgIpc) is 2.78. The van der Waals surface area contributed by atoms with Gasteiger partial charge in [-0.15, -0.1) is 0 Å².